The van der Waals surface area contributed by atoms with Crippen molar-refractivity contribution in [3.63, 3.8) is 0 Å². The molecule has 0 spiro atoms. The Morgan fingerprint density at radius 3 is 2.91 bits per heavy atom. The van der Waals surface area contributed by atoms with Crippen LogP contribution in [0.4, 0.5) is 11.5 Å². The van der Waals surface area contributed by atoms with Gasteiger partial charge in [0.2, 0.25) is 0 Å². The van der Waals surface area contributed by atoms with Crippen LogP contribution in [0, 0.1) is 0 Å². The standard InChI is InChI=1S/C6H11N5/c1-2-11(8)6-5(7)3-9-4-10-6/h3-4H,2,7-8H2,1H3. The maximum Gasteiger partial charge on any atom is 0.169 e. The van der Waals surface area contributed by atoms with E-state index in [1.54, 1.807) is 0 Å². The average molecular weight is 153 g/mol. The second kappa shape index (κ2) is 3.16. The van der Waals surface area contributed by atoms with Crippen molar-refractivity contribution in [2.24, 2.45) is 5.84 Å². The van der Waals surface area contributed by atoms with Crippen LogP contribution in [0.2, 0.25) is 0 Å². The number of hydrogen-bond acceptors (Lipinski definition) is 5. The summed E-state index contributed by atoms with van der Waals surface area (Å²) in [4.78, 5) is 7.66. The molecule has 0 aromatic carbocycles. The van der Waals surface area contributed by atoms with Crippen molar-refractivity contribution < 1.29 is 0 Å². The highest BCUT2D eigenvalue weighted by Crippen LogP contribution is 2.13. The Hall–Kier alpha value is -1.36. The maximum atomic E-state index is 5.56. The van der Waals surface area contributed by atoms with Crippen LogP contribution in [0.15, 0.2) is 12.5 Å². The molecule has 0 aliphatic carbocycles. The highest BCUT2D eigenvalue weighted by atomic mass is 15.4. The lowest BCUT2D eigenvalue weighted by Gasteiger charge is -2.15. The fourth-order valence-corrected chi connectivity index (χ4v) is 0.724. The van der Waals surface area contributed by atoms with Crippen molar-refractivity contribution in [1.29, 1.82) is 0 Å². The van der Waals surface area contributed by atoms with E-state index in [0.717, 1.165) is 0 Å². The summed E-state index contributed by atoms with van der Waals surface area (Å²) in [6, 6.07) is 0. The summed E-state index contributed by atoms with van der Waals surface area (Å²) in [7, 11) is 0. The van der Waals surface area contributed by atoms with Crippen molar-refractivity contribution in [3.8, 4) is 0 Å². The minimum atomic E-state index is 0.497. The third-order valence-electron chi connectivity index (χ3n) is 1.33. The largest absolute Gasteiger partial charge is 0.394 e. The third kappa shape index (κ3) is 1.56. The molecule has 5 heteroatoms. The van der Waals surface area contributed by atoms with Gasteiger partial charge >= 0.3 is 0 Å². The van der Waals surface area contributed by atoms with Crippen LogP contribution in [-0.4, -0.2) is 16.5 Å². The number of nitrogen functional groups attached to an aromatic ring is 1. The smallest absolute Gasteiger partial charge is 0.169 e. The fraction of sp³-hybridized carbons (Fsp3) is 0.333. The zero-order valence-electron chi connectivity index (χ0n) is 6.36. The monoisotopic (exact) mass is 153 g/mol. The SMILES string of the molecule is CCN(N)c1ncncc1N. The van der Waals surface area contributed by atoms with Crippen LogP contribution < -0.4 is 16.6 Å². The van der Waals surface area contributed by atoms with E-state index in [-0.39, 0.29) is 0 Å². The molecular weight excluding hydrogens is 142 g/mol. The van der Waals surface area contributed by atoms with Crippen molar-refractivity contribution in [3.05, 3.63) is 12.5 Å². The number of rotatable bonds is 2. The van der Waals surface area contributed by atoms with Gasteiger partial charge in [-0.2, -0.15) is 0 Å². The lowest BCUT2D eigenvalue weighted by atomic mass is 10.5. The van der Waals surface area contributed by atoms with Gasteiger partial charge in [0.25, 0.3) is 0 Å². The van der Waals surface area contributed by atoms with E-state index < -0.39 is 0 Å². The van der Waals surface area contributed by atoms with E-state index in [9.17, 15) is 0 Å². The number of aromatic nitrogens is 2. The molecule has 60 valence electrons. The third-order valence-corrected chi connectivity index (χ3v) is 1.33. The number of anilines is 2. The van der Waals surface area contributed by atoms with Crippen molar-refractivity contribution in [1.82, 2.24) is 9.97 Å². The van der Waals surface area contributed by atoms with Gasteiger partial charge in [0, 0.05) is 6.54 Å². The molecule has 5 nitrogen and oxygen atoms in total. The highest BCUT2D eigenvalue weighted by Gasteiger charge is 2.03. The molecular formula is C6H11N5. The molecule has 0 atom stereocenters. The zero-order chi connectivity index (χ0) is 8.27. The van der Waals surface area contributed by atoms with Crippen LogP contribution in [0.3, 0.4) is 0 Å². The molecule has 0 aliphatic heterocycles. The van der Waals surface area contributed by atoms with E-state index in [2.05, 4.69) is 9.97 Å². The number of nitrogens with two attached hydrogens (primary N) is 2. The number of nitrogens with zero attached hydrogens (tertiary/aromatic N) is 3. The predicted octanol–water partition coefficient (Wildman–Crippen LogP) is -0.241. The summed E-state index contributed by atoms with van der Waals surface area (Å²) in [6.07, 6.45) is 2.94. The normalized spacial score (nSPS) is 9.64. The van der Waals surface area contributed by atoms with Gasteiger partial charge in [-0.3, -0.25) is 5.01 Å². The van der Waals surface area contributed by atoms with E-state index in [1.807, 2.05) is 6.92 Å². The molecule has 1 aromatic rings. The van der Waals surface area contributed by atoms with E-state index in [4.69, 9.17) is 11.6 Å². The predicted molar refractivity (Wildman–Crippen MR) is 43.7 cm³/mol. The van der Waals surface area contributed by atoms with Crippen LogP contribution in [0.25, 0.3) is 0 Å². The minimum Gasteiger partial charge on any atom is -0.394 e. The first-order chi connectivity index (χ1) is 5.25. The van der Waals surface area contributed by atoms with Crippen LogP contribution in [-0.2, 0) is 0 Å². The van der Waals surface area contributed by atoms with E-state index in [1.165, 1.54) is 17.5 Å². The van der Waals surface area contributed by atoms with Gasteiger partial charge in [0.15, 0.2) is 5.82 Å². The highest BCUT2D eigenvalue weighted by molar-refractivity contribution is 5.59. The average Bonchev–Trinajstić information content (AvgIpc) is 2.04. The van der Waals surface area contributed by atoms with Crippen molar-refractivity contribution in [2.45, 2.75) is 6.92 Å². The summed E-state index contributed by atoms with van der Waals surface area (Å²) >= 11 is 0. The van der Waals surface area contributed by atoms with Crippen LogP contribution >= 0.6 is 0 Å². The number of hydrazine groups is 1. The minimum absolute atomic E-state index is 0.497. The Balaban J connectivity index is 2.93. The lowest BCUT2D eigenvalue weighted by molar-refractivity contribution is 0.865. The second-order valence-corrected chi connectivity index (χ2v) is 2.09. The van der Waals surface area contributed by atoms with Gasteiger partial charge < -0.3 is 5.73 Å². The molecule has 0 fully saturated rings. The molecule has 0 saturated heterocycles. The molecule has 0 saturated carbocycles. The fourth-order valence-electron chi connectivity index (χ4n) is 0.724. The molecule has 1 aromatic heterocycles. The number of hydrogen-bond donors (Lipinski definition) is 2. The molecule has 1 rings (SSSR count). The lowest BCUT2D eigenvalue weighted by Crippen LogP contribution is -2.31. The quantitative estimate of drug-likeness (QED) is 0.452. The van der Waals surface area contributed by atoms with Crippen LogP contribution in [0.1, 0.15) is 6.92 Å². The summed E-state index contributed by atoms with van der Waals surface area (Å²) in [5, 5.41) is 1.47. The topological polar surface area (TPSA) is 81.1 Å². The first kappa shape index (κ1) is 7.74. The van der Waals surface area contributed by atoms with Gasteiger partial charge in [0.1, 0.15) is 6.33 Å². The summed E-state index contributed by atoms with van der Waals surface area (Å²) in [6.45, 7) is 2.59. The van der Waals surface area contributed by atoms with E-state index >= 15 is 0 Å². The Morgan fingerprint density at radius 1 is 1.64 bits per heavy atom. The van der Waals surface area contributed by atoms with Crippen molar-refractivity contribution >= 4 is 11.5 Å². The molecule has 0 aliphatic rings. The summed E-state index contributed by atoms with van der Waals surface area (Å²) in [5.74, 6) is 6.13. The zero-order valence-corrected chi connectivity index (χ0v) is 6.36. The Bertz CT molecular complexity index is 236. The molecule has 0 bridgehead atoms. The molecule has 0 amide bonds. The van der Waals surface area contributed by atoms with Gasteiger partial charge in [-0.15, -0.1) is 0 Å². The van der Waals surface area contributed by atoms with Gasteiger partial charge in [0.05, 0.1) is 11.9 Å². The molecule has 11 heavy (non-hydrogen) atoms. The molecule has 4 N–H and O–H groups in total. The van der Waals surface area contributed by atoms with Crippen LogP contribution in [0.5, 0.6) is 0 Å². The van der Waals surface area contributed by atoms with Gasteiger partial charge in [-0.25, -0.2) is 15.8 Å². The van der Waals surface area contributed by atoms with Gasteiger partial charge in [-0.1, -0.05) is 0 Å². The second-order valence-electron chi connectivity index (χ2n) is 2.09. The Morgan fingerprint density at radius 2 is 2.36 bits per heavy atom. The molecule has 1 heterocycles. The van der Waals surface area contributed by atoms with E-state index in [0.29, 0.717) is 18.1 Å². The first-order valence-corrected chi connectivity index (χ1v) is 3.33. The Labute approximate surface area is 65.0 Å². The first-order valence-electron chi connectivity index (χ1n) is 3.33. The molecule has 0 unspecified atom stereocenters. The summed E-state index contributed by atoms with van der Waals surface area (Å²) in [5.41, 5.74) is 6.05. The Kier molecular flexibility index (Phi) is 2.22. The molecule has 0 radical (unpaired) electrons. The maximum absolute atomic E-state index is 5.56. The summed E-state index contributed by atoms with van der Waals surface area (Å²) < 4.78 is 0. The van der Waals surface area contributed by atoms with Crippen molar-refractivity contribution in [2.75, 3.05) is 17.3 Å². The van der Waals surface area contributed by atoms with Gasteiger partial charge in [-0.05, 0) is 6.92 Å².